The van der Waals surface area contributed by atoms with Crippen LogP contribution in [0.1, 0.15) is 53.4 Å². The SMILES string of the molecule is CC(C)(C)OC(=O)N[C@@H](c1ncc(-c2ccccc2)[nH]1)C(C)(C)C. The minimum absolute atomic E-state index is 0.220. The number of alkyl carbamates (subject to hydrolysis) is 1. The molecule has 130 valence electrons. The first-order chi connectivity index (χ1) is 11.1. The summed E-state index contributed by atoms with van der Waals surface area (Å²) in [7, 11) is 0. The summed E-state index contributed by atoms with van der Waals surface area (Å²) in [6.07, 6.45) is 1.35. The van der Waals surface area contributed by atoms with Gasteiger partial charge >= 0.3 is 6.09 Å². The fourth-order valence-corrected chi connectivity index (χ4v) is 2.37. The Balaban J connectivity index is 2.23. The molecule has 5 heteroatoms. The summed E-state index contributed by atoms with van der Waals surface area (Å²) in [4.78, 5) is 20.0. The number of hydrogen-bond donors (Lipinski definition) is 2. The smallest absolute Gasteiger partial charge is 0.408 e. The van der Waals surface area contributed by atoms with Crippen molar-refractivity contribution in [1.29, 1.82) is 0 Å². The van der Waals surface area contributed by atoms with Crippen LogP contribution in [0, 0.1) is 5.41 Å². The molecule has 1 atom stereocenters. The Bertz CT molecular complexity index is 679. The predicted molar refractivity (Wildman–Crippen MR) is 95.6 cm³/mol. The highest BCUT2D eigenvalue weighted by Gasteiger charge is 2.32. The van der Waals surface area contributed by atoms with Crippen LogP contribution in [0.15, 0.2) is 36.5 Å². The molecule has 1 heterocycles. The largest absolute Gasteiger partial charge is 0.444 e. The first-order valence-electron chi connectivity index (χ1n) is 8.16. The quantitative estimate of drug-likeness (QED) is 0.858. The standard InChI is InChI=1S/C19H27N3O2/c1-18(2,3)15(22-17(23)24-19(4,5)6)16-20-12-14(21-16)13-10-8-7-9-11-13/h7-12,15H,1-6H3,(H,20,21)(H,22,23)/t15-/m0/s1. The second-order valence-corrected chi connectivity index (χ2v) is 7.99. The van der Waals surface area contributed by atoms with Gasteiger partial charge in [-0.05, 0) is 31.7 Å². The van der Waals surface area contributed by atoms with Gasteiger partial charge in [-0.3, -0.25) is 0 Å². The number of carbonyl (C=O) groups is 1. The van der Waals surface area contributed by atoms with E-state index in [4.69, 9.17) is 4.74 Å². The van der Waals surface area contributed by atoms with Crippen LogP contribution >= 0.6 is 0 Å². The fraction of sp³-hybridized carbons (Fsp3) is 0.474. The monoisotopic (exact) mass is 329 g/mol. The van der Waals surface area contributed by atoms with Crippen LogP contribution in [-0.4, -0.2) is 21.7 Å². The molecule has 1 aromatic heterocycles. The lowest BCUT2D eigenvalue weighted by Crippen LogP contribution is -2.40. The van der Waals surface area contributed by atoms with Crippen molar-refractivity contribution >= 4 is 6.09 Å². The lowest BCUT2D eigenvalue weighted by Gasteiger charge is -2.31. The van der Waals surface area contributed by atoms with Gasteiger partial charge in [0.25, 0.3) is 0 Å². The maximum atomic E-state index is 12.2. The van der Waals surface area contributed by atoms with E-state index in [0.717, 1.165) is 11.3 Å². The van der Waals surface area contributed by atoms with Gasteiger partial charge < -0.3 is 15.0 Å². The summed E-state index contributed by atoms with van der Waals surface area (Å²) < 4.78 is 5.38. The number of H-pyrrole nitrogens is 1. The van der Waals surface area contributed by atoms with Gasteiger partial charge in [0.2, 0.25) is 0 Å². The van der Waals surface area contributed by atoms with E-state index < -0.39 is 11.7 Å². The van der Waals surface area contributed by atoms with Gasteiger partial charge in [-0.2, -0.15) is 0 Å². The van der Waals surface area contributed by atoms with Crippen molar-refractivity contribution in [2.24, 2.45) is 5.41 Å². The molecule has 2 rings (SSSR count). The summed E-state index contributed by atoms with van der Waals surface area (Å²) >= 11 is 0. The average molecular weight is 329 g/mol. The van der Waals surface area contributed by atoms with Crippen LogP contribution in [0.3, 0.4) is 0 Å². The molecule has 2 N–H and O–H groups in total. The number of aromatic amines is 1. The molecule has 0 aliphatic rings. The molecule has 0 saturated carbocycles. The van der Waals surface area contributed by atoms with Gasteiger partial charge in [0.1, 0.15) is 11.4 Å². The topological polar surface area (TPSA) is 67.0 Å². The number of amides is 1. The maximum absolute atomic E-state index is 12.2. The van der Waals surface area contributed by atoms with Crippen molar-refractivity contribution in [2.75, 3.05) is 0 Å². The third-order valence-electron chi connectivity index (χ3n) is 3.48. The van der Waals surface area contributed by atoms with Gasteiger partial charge in [-0.25, -0.2) is 9.78 Å². The van der Waals surface area contributed by atoms with Crippen LogP contribution in [0.25, 0.3) is 11.3 Å². The second-order valence-electron chi connectivity index (χ2n) is 7.99. The molecule has 0 aliphatic carbocycles. The summed E-state index contributed by atoms with van der Waals surface area (Å²) in [5.74, 6) is 0.715. The summed E-state index contributed by atoms with van der Waals surface area (Å²) in [6, 6.07) is 9.69. The van der Waals surface area contributed by atoms with E-state index in [1.54, 1.807) is 6.20 Å². The number of carbonyl (C=O) groups excluding carboxylic acids is 1. The second kappa shape index (κ2) is 6.67. The van der Waals surface area contributed by atoms with E-state index in [-0.39, 0.29) is 11.5 Å². The molecule has 1 aromatic carbocycles. The normalized spacial score (nSPS) is 13.4. The van der Waals surface area contributed by atoms with E-state index in [1.807, 2.05) is 51.1 Å². The Hall–Kier alpha value is -2.30. The highest BCUT2D eigenvalue weighted by atomic mass is 16.6. The van der Waals surface area contributed by atoms with Gasteiger partial charge in [-0.1, -0.05) is 51.1 Å². The van der Waals surface area contributed by atoms with Crippen LogP contribution in [0.2, 0.25) is 0 Å². The van der Waals surface area contributed by atoms with Crippen molar-refractivity contribution in [3.8, 4) is 11.3 Å². The summed E-state index contributed by atoms with van der Waals surface area (Å²) in [6.45, 7) is 11.7. The molecule has 0 aliphatic heterocycles. The van der Waals surface area contributed by atoms with Crippen molar-refractivity contribution in [2.45, 2.75) is 53.2 Å². The van der Waals surface area contributed by atoms with Gasteiger partial charge in [0.15, 0.2) is 0 Å². The third kappa shape index (κ3) is 4.85. The molecule has 1 amide bonds. The van der Waals surface area contributed by atoms with E-state index in [2.05, 4.69) is 36.1 Å². The number of nitrogens with zero attached hydrogens (tertiary/aromatic N) is 1. The van der Waals surface area contributed by atoms with E-state index >= 15 is 0 Å². The van der Waals surface area contributed by atoms with E-state index in [1.165, 1.54) is 0 Å². The molecular weight excluding hydrogens is 302 g/mol. The zero-order valence-electron chi connectivity index (χ0n) is 15.3. The molecular formula is C19H27N3O2. The maximum Gasteiger partial charge on any atom is 0.408 e. The Labute approximate surface area is 143 Å². The highest BCUT2D eigenvalue weighted by Crippen LogP contribution is 2.32. The summed E-state index contributed by atoms with van der Waals surface area (Å²) in [5.41, 5.74) is 1.22. The third-order valence-corrected chi connectivity index (χ3v) is 3.48. The van der Waals surface area contributed by atoms with Crippen molar-refractivity contribution in [3.63, 3.8) is 0 Å². The molecule has 0 unspecified atom stereocenters. The number of imidazole rings is 1. The zero-order chi connectivity index (χ0) is 18.0. The van der Waals surface area contributed by atoms with Crippen molar-refractivity contribution < 1.29 is 9.53 Å². The number of hydrogen-bond acceptors (Lipinski definition) is 3. The highest BCUT2D eigenvalue weighted by molar-refractivity contribution is 5.68. The molecule has 2 aromatic rings. The van der Waals surface area contributed by atoms with Crippen molar-refractivity contribution in [1.82, 2.24) is 15.3 Å². The fourth-order valence-electron chi connectivity index (χ4n) is 2.37. The Morgan fingerprint density at radius 2 is 1.75 bits per heavy atom. The van der Waals surface area contributed by atoms with Gasteiger partial charge in [-0.15, -0.1) is 0 Å². The lowest BCUT2D eigenvalue weighted by atomic mass is 9.86. The number of ether oxygens (including phenoxy) is 1. The Kier molecular flexibility index (Phi) is 5.02. The summed E-state index contributed by atoms with van der Waals surface area (Å²) in [5, 5.41) is 2.94. The Morgan fingerprint density at radius 1 is 1.12 bits per heavy atom. The van der Waals surface area contributed by atoms with Crippen LogP contribution in [0.5, 0.6) is 0 Å². The number of benzene rings is 1. The molecule has 24 heavy (non-hydrogen) atoms. The van der Waals surface area contributed by atoms with Crippen LogP contribution in [0.4, 0.5) is 4.79 Å². The number of aromatic nitrogens is 2. The van der Waals surface area contributed by atoms with Crippen LogP contribution < -0.4 is 5.32 Å². The predicted octanol–water partition coefficient (Wildman–Crippen LogP) is 4.69. The molecule has 0 fully saturated rings. The molecule has 0 bridgehead atoms. The molecule has 5 nitrogen and oxygen atoms in total. The molecule has 0 saturated heterocycles. The van der Waals surface area contributed by atoms with E-state index in [9.17, 15) is 4.79 Å². The lowest BCUT2D eigenvalue weighted by molar-refractivity contribution is 0.0458. The first kappa shape index (κ1) is 18.0. The Morgan fingerprint density at radius 3 is 2.29 bits per heavy atom. The molecule has 0 radical (unpaired) electrons. The average Bonchev–Trinajstić information content (AvgIpc) is 2.92. The van der Waals surface area contributed by atoms with Crippen molar-refractivity contribution in [3.05, 3.63) is 42.4 Å². The minimum atomic E-state index is -0.537. The minimum Gasteiger partial charge on any atom is -0.444 e. The van der Waals surface area contributed by atoms with Gasteiger partial charge in [0.05, 0.1) is 17.9 Å². The van der Waals surface area contributed by atoms with Gasteiger partial charge in [0, 0.05) is 0 Å². The van der Waals surface area contributed by atoms with Crippen LogP contribution in [-0.2, 0) is 4.74 Å². The number of rotatable bonds is 3. The first-order valence-corrected chi connectivity index (χ1v) is 8.16. The molecule has 0 spiro atoms. The van der Waals surface area contributed by atoms with E-state index in [0.29, 0.717) is 5.82 Å². The number of nitrogens with one attached hydrogen (secondary N) is 2. The zero-order valence-corrected chi connectivity index (χ0v) is 15.3.